The zero-order valence-electron chi connectivity index (χ0n) is 15.9. The molecule has 0 amide bonds. The third-order valence-corrected chi connectivity index (χ3v) is 5.19. The van der Waals surface area contributed by atoms with Gasteiger partial charge >= 0.3 is 0 Å². The number of benzene rings is 1. The van der Waals surface area contributed by atoms with Crippen LogP contribution in [-0.4, -0.2) is 39.3 Å². The molecular formula is C20H31F2N3O. The van der Waals surface area contributed by atoms with E-state index in [0.717, 1.165) is 32.2 Å². The molecule has 6 heteroatoms. The molecule has 26 heavy (non-hydrogen) atoms. The van der Waals surface area contributed by atoms with Gasteiger partial charge in [-0.2, -0.15) is 0 Å². The quantitative estimate of drug-likeness (QED) is 0.398. The van der Waals surface area contributed by atoms with Gasteiger partial charge in [-0.15, -0.1) is 0 Å². The summed E-state index contributed by atoms with van der Waals surface area (Å²) in [5.41, 5.74) is 0.637. The molecular weight excluding hydrogens is 336 g/mol. The van der Waals surface area contributed by atoms with Crippen LogP contribution in [0, 0.1) is 17.0 Å². The maximum atomic E-state index is 13.7. The number of aliphatic imine (C=N–C) groups is 1. The summed E-state index contributed by atoms with van der Waals surface area (Å²) in [6.45, 7) is 4.92. The van der Waals surface area contributed by atoms with Crippen molar-refractivity contribution < 1.29 is 13.5 Å². The molecule has 2 rings (SSSR count). The molecule has 1 saturated carbocycles. The van der Waals surface area contributed by atoms with Gasteiger partial charge in [-0.05, 0) is 61.8 Å². The Bertz CT molecular complexity index is 586. The van der Waals surface area contributed by atoms with Crippen molar-refractivity contribution in [1.29, 1.82) is 0 Å². The number of hydrogen-bond acceptors (Lipinski definition) is 2. The minimum absolute atomic E-state index is 0.265. The van der Waals surface area contributed by atoms with Crippen LogP contribution in [0.5, 0.6) is 0 Å². The highest BCUT2D eigenvalue weighted by Gasteiger charge is 2.33. The summed E-state index contributed by atoms with van der Waals surface area (Å²) >= 11 is 0. The van der Waals surface area contributed by atoms with Gasteiger partial charge in [0.05, 0.1) is 0 Å². The molecule has 1 aromatic carbocycles. The van der Waals surface area contributed by atoms with Gasteiger partial charge < -0.3 is 15.4 Å². The molecule has 1 aliphatic carbocycles. The van der Waals surface area contributed by atoms with Crippen molar-refractivity contribution in [2.45, 2.75) is 45.4 Å². The van der Waals surface area contributed by atoms with E-state index in [1.54, 1.807) is 7.05 Å². The van der Waals surface area contributed by atoms with Crippen LogP contribution < -0.4 is 10.6 Å². The van der Waals surface area contributed by atoms with Crippen molar-refractivity contribution in [1.82, 2.24) is 10.6 Å². The van der Waals surface area contributed by atoms with E-state index in [1.165, 1.54) is 37.8 Å². The molecule has 1 aliphatic rings. The zero-order valence-corrected chi connectivity index (χ0v) is 15.9. The van der Waals surface area contributed by atoms with Gasteiger partial charge in [-0.3, -0.25) is 4.99 Å². The summed E-state index contributed by atoms with van der Waals surface area (Å²) in [7, 11) is 1.72. The molecule has 2 N–H and O–H groups in total. The van der Waals surface area contributed by atoms with Crippen molar-refractivity contribution >= 4 is 5.96 Å². The van der Waals surface area contributed by atoms with Gasteiger partial charge in [0.2, 0.25) is 0 Å². The van der Waals surface area contributed by atoms with E-state index in [1.807, 2.05) is 6.92 Å². The molecule has 0 unspecified atom stereocenters. The normalized spacial score (nSPS) is 16.7. The number of rotatable bonds is 9. The highest BCUT2D eigenvalue weighted by atomic mass is 19.1. The van der Waals surface area contributed by atoms with Crippen LogP contribution in [0.25, 0.3) is 0 Å². The van der Waals surface area contributed by atoms with Crippen molar-refractivity contribution in [2.24, 2.45) is 10.4 Å². The number of nitrogens with zero attached hydrogens (tertiary/aromatic N) is 1. The van der Waals surface area contributed by atoms with Crippen LogP contribution in [0.4, 0.5) is 8.78 Å². The average Bonchev–Trinajstić information content (AvgIpc) is 3.10. The molecule has 0 atom stereocenters. The third-order valence-electron chi connectivity index (χ3n) is 5.19. The standard InChI is InChI=1S/C20H31F2N3O/c1-3-26-13-11-20(9-4-5-10-20)15-25-19(23-2)24-12-8-16-14-17(21)6-7-18(16)22/h6-7,14H,3-5,8-13,15H2,1-2H3,(H2,23,24,25). The Morgan fingerprint density at radius 1 is 1.23 bits per heavy atom. The molecule has 4 nitrogen and oxygen atoms in total. The van der Waals surface area contributed by atoms with Crippen molar-refractivity contribution in [2.75, 3.05) is 33.4 Å². The largest absolute Gasteiger partial charge is 0.382 e. The van der Waals surface area contributed by atoms with Gasteiger partial charge in [0, 0.05) is 33.4 Å². The van der Waals surface area contributed by atoms with E-state index in [9.17, 15) is 8.78 Å². The van der Waals surface area contributed by atoms with Gasteiger partial charge in [-0.25, -0.2) is 8.78 Å². The van der Waals surface area contributed by atoms with E-state index < -0.39 is 5.82 Å². The summed E-state index contributed by atoms with van der Waals surface area (Å²) in [6.07, 6.45) is 6.40. The maximum absolute atomic E-state index is 13.7. The molecule has 146 valence electrons. The first-order valence-electron chi connectivity index (χ1n) is 9.55. The lowest BCUT2D eigenvalue weighted by atomic mass is 9.83. The predicted molar refractivity (Wildman–Crippen MR) is 101 cm³/mol. The molecule has 0 heterocycles. The van der Waals surface area contributed by atoms with Crippen molar-refractivity contribution in [3.8, 4) is 0 Å². The van der Waals surface area contributed by atoms with Gasteiger partial charge in [0.15, 0.2) is 5.96 Å². The molecule has 0 radical (unpaired) electrons. The van der Waals surface area contributed by atoms with Crippen LogP contribution in [0.1, 0.15) is 44.6 Å². The molecule has 1 aromatic rings. The Balaban J connectivity index is 1.80. The predicted octanol–water partition coefficient (Wildman–Crippen LogP) is 3.66. The Labute approximate surface area is 155 Å². The summed E-state index contributed by atoms with van der Waals surface area (Å²) in [4.78, 5) is 4.24. The van der Waals surface area contributed by atoms with E-state index in [0.29, 0.717) is 24.5 Å². The molecule has 0 spiro atoms. The van der Waals surface area contributed by atoms with E-state index in [-0.39, 0.29) is 11.2 Å². The number of ether oxygens (including phenoxy) is 1. The van der Waals surface area contributed by atoms with Crippen LogP contribution >= 0.6 is 0 Å². The van der Waals surface area contributed by atoms with Gasteiger partial charge in [-0.1, -0.05) is 12.8 Å². The van der Waals surface area contributed by atoms with Crippen molar-refractivity contribution in [3.05, 3.63) is 35.4 Å². The molecule has 0 aliphatic heterocycles. The zero-order chi connectivity index (χ0) is 18.8. The Morgan fingerprint density at radius 2 is 2.00 bits per heavy atom. The first-order valence-corrected chi connectivity index (χ1v) is 9.55. The molecule has 0 bridgehead atoms. The molecule has 1 fully saturated rings. The van der Waals surface area contributed by atoms with Gasteiger partial charge in [0.25, 0.3) is 0 Å². The Kier molecular flexibility index (Phi) is 8.29. The lowest BCUT2D eigenvalue weighted by molar-refractivity contribution is 0.105. The molecule has 0 aromatic heterocycles. The van der Waals surface area contributed by atoms with Crippen molar-refractivity contribution in [3.63, 3.8) is 0 Å². The fourth-order valence-electron chi connectivity index (χ4n) is 3.62. The van der Waals surface area contributed by atoms with Crippen LogP contribution in [0.2, 0.25) is 0 Å². The lowest BCUT2D eigenvalue weighted by Crippen LogP contribution is -2.44. The number of halogens is 2. The Morgan fingerprint density at radius 3 is 2.69 bits per heavy atom. The maximum Gasteiger partial charge on any atom is 0.191 e. The minimum Gasteiger partial charge on any atom is -0.382 e. The van der Waals surface area contributed by atoms with Crippen LogP contribution in [0.3, 0.4) is 0 Å². The third kappa shape index (κ3) is 6.24. The summed E-state index contributed by atoms with van der Waals surface area (Å²) < 4.78 is 32.5. The second kappa shape index (κ2) is 10.5. The first-order chi connectivity index (χ1) is 12.6. The van der Waals surface area contributed by atoms with E-state index >= 15 is 0 Å². The number of nitrogens with one attached hydrogen (secondary N) is 2. The number of hydrogen-bond donors (Lipinski definition) is 2. The monoisotopic (exact) mass is 367 g/mol. The number of guanidine groups is 1. The Hall–Kier alpha value is -1.69. The summed E-state index contributed by atoms with van der Waals surface area (Å²) in [5.74, 6) is -0.0946. The first kappa shape index (κ1) is 20.6. The van der Waals surface area contributed by atoms with E-state index in [4.69, 9.17) is 4.74 Å². The lowest BCUT2D eigenvalue weighted by Gasteiger charge is -2.30. The smallest absolute Gasteiger partial charge is 0.191 e. The SMILES string of the molecule is CCOCCC1(CNC(=NC)NCCc2cc(F)ccc2F)CCCC1. The van der Waals surface area contributed by atoms with Gasteiger partial charge in [0.1, 0.15) is 11.6 Å². The van der Waals surface area contributed by atoms with E-state index in [2.05, 4.69) is 15.6 Å². The average molecular weight is 367 g/mol. The highest BCUT2D eigenvalue weighted by Crippen LogP contribution is 2.40. The minimum atomic E-state index is -0.415. The fraction of sp³-hybridized carbons (Fsp3) is 0.650. The summed E-state index contributed by atoms with van der Waals surface area (Å²) in [6, 6.07) is 3.55. The molecule has 0 saturated heterocycles. The summed E-state index contributed by atoms with van der Waals surface area (Å²) in [5, 5.41) is 6.60. The van der Waals surface area contributed by atoms with Crippen LogP contribution in [0.15, 0.2) is 23.2 Å². The highest BCUT2D eigenvalue weighted by molar-refractivity contribution is 5.79. The topological polar surface area (TPSA) is 45.6 Å². The second-order valence-corrected chi connectivity index (χ2v) is 6.99. The fourth-order valence-corrected chi connectivity index (χ4v) is 3.62. The van der Waals surface area contributed by atoms with Crippen LogP contribution in [-0.2, 0) is 11.2 Å². The second-order valence-electron chi connectivity index (χ2n) is 6.99.